The summed E-state index contributed by atoms with van der Waals surface area (Å²) in [5.41, 5.74) is 0.519. The van der Waals surface area contributed by atoms with Crippen LogP contribution in [-0.2, 0) is 13.1 Å². The van der Waals surface area contributed by atoms with Crippen LogP contribution >= 0.6 is 0 Å². The lowest BCUT2D eigenvalue weighted by Gasteiger charge is -2.07. The molecule has 2 rings (SSSR count). The molecular weight excluding hydrogens is 266 g/mol. The van der Waals surface area contributed by atoms with Crippen LogP contribution in [0.4, 0.5) is 14.5 Å². The van der Waals surface area contributed by atoms with Crippen LogP contribution in [0.15, 0.2) is 42.5 Å². The van der Waals surface area contributed by atoms with Gasteiger partial charge in [0.25, 0.3) is 5.69 Å². The van der Waals surface area contributed by atoms with Crippen LogP contribution in [0.1, 0.15) is 11.1 Å². The van der Waals surface area contributed by atoms with Gasteiger partial charge in [0, 0.05) is 30.3 Å². The maximum Gasteiger partial charge on any atom is 0.274 e. The minimum Gasteiger partial charge on any atom is -0.308 e. The van der Waals surface area contributed by atoms with E-state index in [1.165, 1.54) is 6.07 Å². The molecule has 0 aliphatic rings. The van der Waals surface area contributed by atoms with Gasteiger partial charge in [-0.2, -0.15) is 0 Å². The van der Waals surface area contributed by atoms with E-state index in [4.69, 9.17) is 0 Å². The van der Waals surface area contributed by atoms with E-state index < -0.39 is 10.7 Å². The van der Waals surface area contributed by atoms with Crippen molar-refractivity contribution in [1.82, 2.24) is 5.32 Å². The van der Waals surface area contributed by atoms with Gasteiger partial charge in [0.05, 0.1) is 4.92 Å². The molecule has 0 fully saturated rings. The smallest absolute Gasteiger partial charge is 0.274 e. The predicted octanol–water partition coefficient (Wildman–Crippen LogP) is 3.16. The number of nitro benzene ring substituents is 1. The molecule has 104 valence electrons. The standard InChI is InChI=1S/C14H12F2N2O2/c15-12-5-6-14(18(19)20)11(7-12)9-17-8-10-3-1-2-4-13(10)16/h1-7,17H,8-9H2. The normalized spacial score (nSPS) is 10.5. The molecular formula is C14H12F2N2O2. The summed E-state index contributed by atoms with van der Waals surface area (Å²) in [6.45, 7) is 0.294. The van der Waals surface area contributed by atoms with Crippen molar-refractivity contribution in [2.45, 2.75) is 13.1 Å². The van der Waals surface area contributed by atoms with Crippen molar-refractivity contribution in [3.05, 3.63) is 75.3 Å². The Morgan fingerprint density at radius 1 is 1.05 bits per heavy atom. The molecule has 1 N–H and O–H groups in total. The van der Waals surface area contributed by atoms with E-state index in [1.54, 1.807) is 18.2 Å². The lowest BCUT2D eigenvalue weighted by Crippen LogP contribution is -2.15. The Labute approximate surface area is 114 Å². The second-order valence-corrected chi connectivity index (χ2v) is 4.23. The van der Waals surface area contributed by atoms with Crippen molar-refractivity contribution >= 4 is 5.69 Å². The Morgan fingerprint density at radius 3 is 2.45 bits per heavy atom. The fourth-order valence-corrected chi connectivity index (χ4v) is 1.85. The summed E-state index contributed by atoms with van der Waals surface area (Å²) >= 11 is 0. The largest absolute Gasteiger partial charge is 0.308 e. The second-order valence-electron chi connectivity index (χ2n) is 4.23. The van der Waals surface area contributed by atoms with Gasteiger partial charge >= 0.3 is 0 Å². The fraction of sp³-hybridized carbons (Fsp3) is 0.143. The van der Waals surface area contributed by atoms with Crippen LogP contribution < -0.4 is 5.32 Å². The third-order valence-corrected chi connectivity index (χ3v) is 2.83. The number of hydrogen-bond donors (Lipinski definition) is 1. The molecule has 0 saturated heterocycles. The first kappa shape index (κ1) is 14.1. The molecule has 2 aromatic carbocycles. The number of nitro groups is 1. The summed E-state index contributed by atoms with van der Waals surface area (Å²) < 4.78 is 26.5. The van der Waals surface area contributed by atoms with Crippen LogP contribution in [0.2, 0.25) is 0 Å². The van der Waals surface area contributed by atoms with E-state index in [-0.39, 0.29) is 30.2 Å². The molecule has 0 amide bonds. The molecule has 0 unspecified atom stereocenters. The highest BCUT2D eigenvalue weighted by atomic mass is 19.1. The first-order valence-electron chi connectivity index (χ1n) is 5.95. The Balaban J connectivity index is 2.06. The maximum absolute atomic E-state index is 13.4. The van der Waals surface area contributed by atoms with E-state index in [1.807, 2.05) is 0 Å². The predicted molar refractivity (Wildman–Crippen MR) is 70.0 cm³/mol. The molecule has 0 radical (unpaired) electrons. The molecule has 0 saturated carbocycles. The van der Waals surface area contributed by atoms with Crippen molar-refractivity contribution < 1.29 is 13.7 Å². The third kappa shape index (κ3) is 3.36. The zero-order chi connectivity index (χ0) is 14.5. The molecule has 2 aromatic rings. The van der Waals surface area contributed by atoms with Gasteiger partial charge in [0.2, 0.25) is 0 Å². The Bertz CT molecular complexity index is 632. The maximum atomic E-state index is 13.4. The molecule has 0 bridgehead atoms. The zero-order valence-electron chi connectivity index (χ0n) is 10.5. The number of nitrogens with zero attached hydrogens (tertiary/aromatic N) is 1. The second kappa shape index (κ2) is 6.21. The molecule has 0 aliphatic carbocycles. The summed E-state index contributed by atoms with van der Waals surface area (Å²) in [5, 5.41) is 13.7. The van der Waals surface area contributed by atoms with Crippen molar-refractivity contribution in [2.24, 2.45) is 0 Å². The SMILES string of the molecule is O=[N+]([O-])c1ccc(F)cc1CNCc1ccccc1F. The third-order valence-electron chi connectivity index (χ3n) is 2.83. The van der Waals surface area contributed by atoms with Gasteiger partial charge in [-0.25, -0.2) is 8.78 Å². The van der Waals surface area contributed by atoms with E-state index in [0.717, 1.165) is 18.2 Å². The minimum atomic E-state index is -0.570. The monoisotopic (exact) mass is 278 g/mol. The number of halogens is 2. The molecule has 4 nitrogen and oxygen atoms in total. The number of nitrogens with one attached hydrogen (secondary N) is 1. The number of hydrogen-bond acceptors (Lipinski definition) is 3. The Kier molecular flexibility index (Phi) is 4.37. The summed E-state index contributed by atoms with van der Waals surface area (Å²) in [5.74, 6) is -0.896. The highest BCUT2D eigenvalue weighted by Crippen LogP contribution is 2.19. The molecule has 0 heterocycles. The van der Waals surface area contributed by atoms with Crippen LogP contribution in [0.5, 0.6) is 0 Å². The van der Waals surface area contributed by atoms with Gasteiger partial charge in [-0.3, -0.25) is 10.1 Å². The van der Waals surface area contributed by atoms with Crippen LogP contribution in [0, 0.1) is 21.7 Å². The Hall–Kier alpha value is -2.34. The van der Waals surface area contributed by atoms with Gasteiger partial charge < -0.3 is 5.32 Å². The lowest BCUT2D eigenvalue weighted by atomic mass is 10.1. The summed E-state index contributed by atoms with van der Waals surface area (Å²) in [7, 11) is 0. The van der Waals surface area contributed by atoms with Crippen molar-refractivity contribution in [3.8, 4) is 0 Å². The quantitative estimate of drug-likeness (QED) is 0.675. The topological polar surface area (TPSA) is 55.2 Å². The summed E-state index contributed by atoms with van der Waals surface area (Å²) in [4.78, 5) is 10.2. The molecule has 0 spiro atoms. The van der Waals surface area contributed by atoms with Crippen molar-refractivity contribution in [1.29, 1.82) is 0 Å². The van der Waals surface area contributed by atoms with E-state index in [2.05, 4.69) is 5.32 Å². The number of benzene rings is 2. The highest BCUT2D eigenvalue weighted by molar-refractivity contribution is 5.40. The van der Waals surface area contributed by atoms with Gasteiger partial charge in [0.1, 0.15) is 11.6 Å². The van der Waals surface area contributed by atoms with Crippen LogP contribution in [0.25, 0.3) is 0 Å². The first-order chi connectivity index (χ1) is 9.58. The molecule has 20 heavy (non-hydrogen) atoms. The average Bonchev–Trinajstić information content (AvgIpc) is 2.41. The molecule has 6 heteroatoms. The number of rotatable bonds is 5. The minimum absolute atomic E-state index is 0.0857. The van der Waals surface area contributed by atoms with E-state index in [9.17, 15) is 18.9 Å². The lowest BCUT2D eigenvalue weighted by molar-refractivity contribution is -0.385. The molecule has 0 aromatic heterocycles. The van der Waals surface area contributed by atoms with Crippen LogP contribution in [0.3, 0.4) is 0 Å². The van der Waals surface area contributed by atoms with Crippen molar-refractivity contribution in [2.75, 3.05) is 0 Å². The summed E-state index contributed by atoms with van der Waals surface area (Å²) in [6.07, 6.45) is 0. The van der Waals surface area contributed by atoms with E-state index >= 15 is 0 Å². The summed E-state index contributed by atoms with van der Waals surface area (Å²) in [6, 6.07) is 9.49. The Morgan fingerprint density at radius 2 is 1.75 bits per heavy atom. The molecule has 0 atom stereocenters. The van der Waals surface area contributed by atoms with E-state index in [0.29, 0.717) is 5.56 Å². The van der Waals surface area contributed by atoms with Gasteiger partial charge in [0.15, 0.2) is 0 Å². The first-order valence-corrected chi connectivity index (χ1v) is 5.95. The molecule has 0 aliphatic heterocycles. The fourth-order valence-electron chi connectivity index (χ4n) is 1.85. The van der Waals surface area contributed by atoms with Gasteiger partial charge in [-0.1, -0.05) is 18.2 Å². The van der Waals surface area contributed by atoms with Gasteiger partial charge in [-0.05, 0) is 18.2 Å². The van der Waals surface area contributed by atoms with Gasteiger partial charge in [-0.15, -0.1) is 0 Å². The van der Waals surface area contributed by atoms with Crippen LogP contribution in [-0.4, -0.2) is 4.92 Å². The average molecular weight is 278 g/mol. The highest BCUT2D eigenvalue weighted by Gasteiger charge is 2.14. The van der Waals surface area contributed by atoms with Crippen molar-refractivity contribution in [3.63, 3.8) is 0 Å². The zero-order valence-corrected chi connectivity index (χ0v) is 10.5.